The van der Waals surface area contributed by atoms with Crippen molar-refractivity contribution < 1.29 is 18.8 Å². The van der Waals surface area contributed by atoms with Crippen molar-refractivity contribution in [3.63, 3.8) is 0 Å². The molecule has 0 radical (unpaired) electrons. The van der Waals surface area contributed by atoms with Gasteiger partial charge in [0.1, 0.15) is 19.6 Å². The molecule has 0 fully saturated rings. The Kier molecular flexibility index (Phi) is 3.73. The molecule has 0 spiro atoms. The third-order valence-corrected chi connectivity index (χ3v) is 1.65. The van der Waals surface area contributed by atoms with Gasteiger partial charge in [0.15, 0.2) is 5.75 Å². The van der Waals surface area contributed by atoms with E-state index in [1.165, 1.54) is 12.1 Å². The predicted molar refractivity (Wildman–Crippen MR) is 50.0 cm³/mol. The molecule has 0 aliphatic heterocycles. The highest BCUT2D eigenvalue weighted by molar-refractivity contribution is 5.77. The molecule has 15 heavy (non-hydrogen) atoms. The lowest BCUT2D eigenvalue weighted by molar-refractivity contribution is -0.385. The van der Waals surface area contributed by atoms with Gasteiger partial charge in [0.25, 0.3) is 0 Å². The van der Waals surface area contributed by atoms with E-state index in [-0.39, 0.29) is 23.6 Å². The molecule has 80 valence electrons. The summed E-state index contributed by atoms with van der Waals surface area (Å²) in [4.78, 5) is 20.3. The lowest BCUT2D eigenvalue weighted by Gasteiger charge is -2.04. The minimum Gasteiger partial charge on any atom is -0.484 e. The summed E-state index contributed by atoms with van der Waals surface area (Å²) in [5.41, 5.74) is -0.164. The van der Waals surface area contributed by atoms with Crippen molar-refractivity contribution in [1.82, 2.24) is 0 Å². The highest BCUT2D eigenvalue weighted by Gasteiger charge is 2.15. The maximum atomic E-state index is 11.8. The van der Waals surface area contributed by atoms with Crippen molar-refractivity contribution in [1.29, 1.82) is 0 Å². The zero-order chi connectivity index (χ0) is 11.3. The van der Waals surface area contributed by atoms with Gasteiger partial charge in [0, 0.05) is 11.6 Å². The van der Waals surface area contributed by atoms with E-state index in [4.69, 9.17) is 4.74 Å². The normalized spacial score (nSPS) is 9.67. The zero-order valence-corrected chi connectivity index (χ0v) is 7.68. The molecule has 1 rings (SSSR count). The molecule has 6 heteroatoms. The molecular weight excluding hydrogens is 205 g/mol. The molecule has 1 aromatic rings. The molecule has 1 aromatic carbocycles. The third kappa shape index (κ3) is 2.73. The van der Waals surface area contributed by atoms with Crippen LogP contribution in [0.2, 0.25) is 0 Å². The van der Waals surface area contributed by atoms with Gasteiger partial charge in [-0.1, -0.05) is 0 Å². The van der Waals surface area contributed by atoms with Crippen molar-refractivity contribution in [2.45, 2.75) is 0 Å². The van der Waals surface area contributed by atoms with Crippen molar-refractivity contribution in [2.24, 2.45) is 0 Å². The fraction of sp³-hybridized carbons (Fsp3) is 0.222. The summed E-state index contributed by atoms with van der Waals surface area (Å²) in [7, 11) is 0. The molecular formula is C9H8FNO4. The Morgan fingerprint density at radius 1 is 1.53 bits per heavy atom. The summed E-state index contributed by atoms with van der Waals surface area (Å²) in [6, 6.07) is 3.73. The van der Waals surface area contributed by atoms with Crippen LogP contribution in [0, 0.1) is 10.1 Å². The molecule has 5 nitrogen and oxygen atoms in total. The Labute approximate surface area is 84.6 Å². The van der Waals surface area contributed by atoms with Gasteiger partial charge in [-0.25, -0.2) is 4.39 Å². The van der Waals surface area contributed by atoms with Crippen LogP contribution in [0.15, 0.2) is 18.2 Å². The summed E-state index contributed by atoms with van der Waals surface area (Å²) in [5.74, 6) is -0.0387. The molecule has 0 bridgehead atoms. The molecule has 0 aliphatic carbocycles. The highest BCUT2D eigenvalue weighted by Crippen LogP contribution is 2.27. The summed E-state index contributed by atoms with van der Waals surface area (Å²) >= 11 is 0. The number of ether oxygens (including phenoxy) is 1. The van der Waals surface area contributed by atoms with E-state index in [0.717, 1.165) is 6.07 Å². The fourth-order valence-corrected chi connectivity index (χ4v) is 1.02. The number of nitro benzene ring substituents is 1. The Balaban J connectivity index is 3.03. The third-order valence-electron chi connectivity index (χ3n) is 1.65. The molecule has 0 saturated carbocycles. The van der Waals surface area contributed by atoms with E-state index in [1.807, 2.05) is 0 Å². The van der Waals surface area contributed by atoms with Crippen LogP contribution in [0.5, 0.6) is 5.75 Å². The number of nitrogens with zero attached hydrogens (tertiary/aromatic N) is 1. The van der Waals surface area contributed by atoms with Crippen LogP contribution in [-0.4, -0.2) is 24.5 Å². The van der Waals surface area contributed by atoms with Crippen molar-refractivity contribution >= 4 is 12.0 Å². The Bertz CT molecular complexity index is 380. The van der Waals surface area contributed by atoms with Gasteiger partial charge >= 0.3 is 5.69 Å². The summed E-state index contributed by atoms with van der Waals surface area (Å²) < 4.78 is 16.6. The van der Waals surface area contributed by atoms with E-state index in [0.29, 0.717) is 6.29 Å². The number of carbonyl (C=O) groups is 1. The van der Waals surface area contributed by atoms with Gasteiger partial charge in [-0.3, -0.25) is 14.9 Å². The maximum Gasteiger partial charge on any atom is 0.311 e. The first kappa shape index (κ1) is 11.1. The van der Waals surface area contributed by atoms with Crippen LogP contribution >= 0.6 is 0 Å². The molecule has 0 amide bonds. The van der Waals surface area contributed by atoms with Crippen LogP contribution in [-0.2, 0) is 0 Å². The van der Waals surface area contributed by atoms with Gasteiger partial charge in [-0.05, 0) is 12.1 Å². The number of aldehydes is 1. The second-order valence-electron chi connectivity index (χ2n) is 2.64. The van der Waals surface area contributed by atoms with Crippen LogP contribution in [0.3, 0.4) is 0 Å². The summed E-state index contributed by atoms with van der Waals surface area (Å²) in [6.45, 7) is -0.978. The fourth-order valence-electron chi connectivity index (χ4n) is 1.02. The monoisotopic (exact) mass is 213 g/mol. The topological polar surface area (TPSA) is 69.4 Å². The largest absolute Gasteiger partial charge is 0.484 e. The molecule has 0 N–H and O–H groups in total. The van der Waals surface area contributed by atoms with E-state index < -0.39 is 11.6 Å². The lowest BCUT2D eigenvalue weighted by Crippen LogP contribution is -2.02. The van der Waals surface area contributed by atoms with Crippen molar-refractivity contribution in [3.05, 3.63) is 33.9 Å². The number of halogens is 1. The Hall–Kier alpha value is -1.98. The first-order chi connectivity index (χ1) is 7.19. The van der Waals surface area contributed by atoms with Crippen LogP contribution in [0.25, 0.3) is 0 Å². The number of carbonyl (C=O) groups excluding carboxylic acids is 1. The minimum absolute atomic E-state index is 0.0387. The highest BCUT2D eigenvalue weighted by atomic mass is 19.1. The summed E-state index contributed by atoms with van der Waals surface area (Å²) in [6.07, 6.45) is 0.492. The summed E-state index contributed by atoms with van der Waals surface area (Å²) in [5, 5.41) is 10.6. The Morgan fingerprint density at radius 2 is 2.27 bits per heavy atom. The number of nitro groups is 1. The smallest absolute Gasteiger partial charge is 0.311 e. The quantitative estimate of drug-likeness (QED) is 0.424. The second kappa shape index (κ2) is 5.04. The molecule has 0 atom stereocenters. The van der Waals surface area contributed by atoms with Crippen LogP contribution in [0.1, 0.15) is 10.4 Å². The zero-order valence-electron chi connectivity index (χ0n) is 7.68. The van der Waals surface area contributed by atoms with Gasteiger partial charge in [0.05, 0.1) is 4.92 Å². The molecule has 0 heterocycles. The van der Waals surface area contributed by atoms with Gasteiger partial charge in [0.2, 0.25) is 0 Å². The molecule has 0 aromatic heterocycles. The first-order valence-electron chi connectivity index (χ1n) is 4.11. The average molecular weight is 213 g/mol. The van der Waals surface area contributed by atoms with E-state index in [2.05, 4.69) is 0 Å². The first-order valence-corrected chi connectivity index (χ1v) is 4.11. The predicted octanol–water partition coefficient (Wildman–Crippen LogP) is 1.76. The van der Waals surface area contributed by atoms with E-state index >= 15 is 0 Å². The molecule has 0 aliphatic rings. The average Bonchev–Trinajstić information content (AvgIpc) is 2.26. The molecule has 0 saturated heterocycles. The maximum absolute atomic E-state index is 11.8. The number of rotatable bonds is 5. The minimum atomic E-state index is -0.730. The van der Waals surface area contributed by atoms with Gasteiger partial charge in [-0.2, -0.15) is 0 Å². The van der Waals surface area contributed by atoms with Crippen LogP contribution in [0.4, 0.5) is 10.1 Å². The standard InChI is InChI=1S/C9H8FNO4/c10-3-4-15-9-2-1-7(6-12)5-8(9)11(13)14/h1-2,5-6H,3-4H2. The number of alkyl halides is 1. The van der Waals surface area contributed by atoms with Crippen molar-refractivity contribution in [3.8, 4) is 5.75 Å². The van der Waals surface area contributed by atoms with E-state index in [1.54, 1.807) is 0 Å². The lowest BCUT2D eigenvalue weighted by atomic mass is 10.2. The number of benzene rings is 1. The SMILES string of the molecule is O=Cc1ccc(OCCF)c([N+](=O)[O-])c1. The van der Waals surface area contributed by atoms with Crippen LogP contribution < -0.4 is 4.74 Å². The van der Waals surface area contributed by atoms with E-state index in [9.17, 15) is 19.3 Å². The number of hydrogen-bond donors (Lipinski definition) is 0. The number of hydrogen-bond acceptors (Lipinski definition) is 4. The van der Waals surface area contributed by atoms with Crippen molar-refractivity contribution in [2.75, 3.05) is 13.3 Å². The second-order valence-corrected chi connectivity index (χ2v) is 2.64. The molecule has 0 unspecified atom stereocenters. The van der Waals surface area contributed by atoms with Gasteiger partial charge in [-0.15, -0.1) is 0 Å². The van der Waals surface area contributed by atoms with Gasteiger partial charge < -0.3 is 4.74 Å². The Morgan fingerprint density at radius 3 is 2.80 bits per heavy atom.